The minimum atomic E-state index is 0.630. The second-order valence-corrected chi connectivity index (χ2v) is 3.79. The molecule has 0 bridgehead atoms. The van der Waals surface area contributed by atoms with Crippen LogP contribution in [0.3, 0.4) is 0 Å². The Morgan fingerprint density at radius 3 is 2.94 bits per heavy atom. The van der Waals surface area contributed by atoms with Crippen molar-refractivity contribution in [1.82, 2.24) is 9.78 Å². The van der Waals surface area contributed by atoms with Crippen molar-refractivity contribution in [2.24, 2.45) is 0 Å². The van der Waals surface area contributed by atoms with Crippen LogP contribution in [0.4, 0.5) is 5.69 Å². The molecule has 0 saturated carbocycles. The van der Waals surface area contributed by atoms with Crippen LogP contribution in [0.25, 0.3) is 0 Å². The molecule has 17 heavy (non-hydrogen) atoms. The molecule has 0 unspecified atom stereocenters. The quantitative estimate of drug-likeness (QED) is 0.828. The second-order valence-electron chi connectivity index (χ2n) is 3.79. The van der Waals surface area contributed by atoms with Gasteiger partial charge in [-0.15, -0.1) is 0 Å². The maximum absolute atomic E-state index is 5.16. The van der Waals surface area contributed by atoms with Crippen LogP contribution in [-0.4, -0.2) is 23.4 Å². The monoisotopic (exact) mass is 231 g/mol. The summed E-state index contributed by atoms with van der Waals surface area (Å²) < 4.78 is 7.07. The van der Waals surface area contributed by atoms with Crippen molar-refractivity contribution < 1.29 is 4.74 Å². The lowest BCUT2D eigenvalue weighted by molar-refractivity contribution is 0.185. The number of aromatic nitrogens is 2. The fourth-order valence-electron chi connectivity index (χ4n) is 1.71. The number of ether oxygens (including phenoxy) is 1. The minimum absolute atomic E-state index is 0.630. The largest absolute Gasteiger partial charge is 0.383 e. The molecule has 0 aliphatic carbocycles. The number of para-hydroxylation sites is 1. The van der Waals surface area contributed by atoms with Gasteiger partial charge in [-0.05, 0) is 12.1 Å². The van der Waals surface area contributed by atoms with E-state index in [1.807, 2.05) is 29.1 Å². The van der Waals surface area contributed by atoms with Crippen LogP contribution in [0.5, 0.6) is 0 Å². The zero-order valence-corrected chi connectivity index (χ0v) is 9.97. The van der Waals surface area contributed by atoms with E-state index in [1.165, 1.54) is 5.56 Å². The van der Waals surface area contributed by atoms with Gasteiger partial charge in [-0.2, -0.15) is 5.10 Å². The Labute approximate surface area is 101 Å². The van der Waals surface area contributed by atoms with E-state index in [1.54, 1.807) is 13.3 Å². The average Bonchev–Trinajstić information content (AvgIpc) is 2.85. The Kier molecular flexibility index (Phi) is 4.16. The van der Waals surface area contributed by atoms with E-state index in [-0.39, 0.29) is 0 Å². The summed E-state index contributed by atoms with van der Waals surface area (Å²) in [4.78, 5) is 0. The minimum Gasteiger partial charge on any atom is -0.383 e. The highest BCUT2D eigenvalue weighted by Crippen LogP contribution is 2.15. The topological polar surface area (TPSA) is 39.1 Å². The third-order valence-electron chi connectivity index (χ3n) is 2.53. The third kappa shape index (κ3) is 3.32. The van der Waals surface area contributed by atoms with Gasteiger partial charge in [-0.3, -0.25) is 4.68 Å². The van der Waals surface area contributed by atoms with Crippen molar-refractivity contribution in [2.45, 2.75) is 13.2 Å². The normalized spacial score (nSPS) is 10.4. The maximum atomic E-state index is 5.16. The van der Waals surface area contributed by atoms with Crippen molar-refractivity contribution in [3.05, 3.63) is 48.3 Å². The zero-order chi connectivity index (χ0) is 11.9. The van der Waals surface area contributed by atoms with Gasteiger partial charge < -0.3 is 10.1 Å². The second kappa shape index (κ2) is 6.06. The number of nitrogens with one attached hydrogen (secondary N) is 1. The van der Waals surface area contributed by atoms with E-state index < -0.39 is 0 Å². The Bertz CT molecular complexity index is 440. The summed E-state index contributed by atoms with van der Waals surface area (Å²) in [5, 5.41) is 7.55. The predicted octanol–water partition coefficient (Wildman–Crippen LogP) is 2.14. The third-order valence-corrected chi connectivity index (χ3v) is 2.53. The average molecular weight is 231 g/mol. The first-order chi connectivity index (χ1) is 8.40. The molecule has 4 heteroatoms. The van der Waals surface area contributed by atoms with E-state index in [0.717, 1.165) is 18.8 Å². The molecule has 0 radical (unpaired) electrons. The number of methoxy groups -OCH3 is 1. The molecule has 90 valence electrons. The number of benzene rings is 1. The van der Waals surface area contributed by atoms with Gasteiger partial charge in [0.05, 0.1) is 13.2 Å². The lowest BCUT2D eigenvalue weighted by Crippen LogP contribution is -2.12. The zero-order valence-electron chi connectivity index (χ0n) is 9.97. The summed E-state index contributed by atoms with van der Waals surface area (Å²) in [5.41, 5.74) is 2.30. The predicted molar refractivity (Wildman–Crippen MR) is 67.9 cm³/mol. The molecule has 2 rings (SSSR count). The lowest BCUT2D eigenvalue weighted by Gasteiger charge is -2.11. The molecule has 0 fully saturated rings. The molecule has 1 aromatic carbocycles. The summed E-state index contributed by atoms with van der Waals surface area (Å²) in [6.45, 7) is 2.33. The fourth-order valence-corrected chi connectivity index (χ4v) is 1.71. The van der Waals surface area contributed by atoms with Gasteiger partial charge in [0.25, 0.3) is 0 Å². The summed E-state index contributed by atoms with van der Waals surface area (Å²) in [6, 6.07) is 10.1. The molecule has 0 saturated heterocycles. The van der Waals surface area contributed by atoms with Gasteiger partial charge in [0.1, 0.15) is 0 Å². The van der Waals surface area contributed by atoms with Crippen LogP contribution in [0, 0.1) is 0 Å². The van der Waals surface area contributed by atoms with Gasteiger partial charge >= 0.3 is 0 Å². The van der Waals surface area contributed by atoms with Gasteiger partial charge in [0.2, 0.25) is 0 Å². The molecule has 0 aliphatic rings. The highest BCUT2D eigenvalue weighted by molar-refractivity contribution is 5.50. The van der Waals surface area contributed by atoms with Crippen LogP contribution in [0.2, 0.25) is 0 Å². The number of anilines is 1. The molecule has 1 heterocycles. The van der Waals surface area contributed by atoms with Crippen LogP contribution in [0.15, 0.2) is 42.7 Å². The number of rotatable bonds is 6. The summed E-state index contributed by atoms with van der Waals surface area (Å²) in [5.74, 6) is 0. The molecule has 1 N–H and O–H groups in total. The number of hydrogen-bond donors (Lipinski definition) is 1. The molecule has 2 aromatic rings. The van der Waals surface area contributed by atoms with E-state index in [0.29, 0.717) is 6.61 Å². The first-order valence-corrected chi connectivity index (χ1v) is 5.68. The molecule has 0 aliphatic heterocycles. The molecule has 0 atom stereocenters. The first kappa shape index (κ1) is 11.7. The van der Waals surface area contributed by atoms with Crippen LogP contribution >= 0.6 is 0 Å². The van der Waals surface area contributed by atoms with Crippen LogP contribution in [0.1, 0.15) is 5.56 Å². The van der Waals surface area contributed by atoms with Crippen LogP contribution < -0.4 is 5.32 Å². The van der Waals surface area contributed by atoms with Gasteiger partial charge in [-0.25, -0.2) is 0 Å². The number of nitrogens with zero attached hydrogens (tertiary/aromatic N) is 2. The molecule has 0 spiro atoms. The Balaban J connectivity index is 1.89. The van der Waals surface area contributed by atoms with Crippen molar-refractivity contribution in [3.63, 3.8) is 0 Å². The lowest BCUT2D eigenvalue weighted by atomic mass is 10.2. The maximum Gasteiger partial charge on any atom is 0.0733 e. The van der Waals surface area contributed by atoms with Crippen molar-refractivity contribution in [1.29, 1.82) is 0 Å². The highest BCUT2D eigenvalue weighted by atomic mass is 16.5. The smallest absolute Gasteiger partial charge is 0.0733 e. The van der Waals surface area contributed by atoms with Crippen molar-refractivity contribution >= 4 is 5.69 Å². The molecule has 1 aromatic heterocycles. The Morgan fingerprint density at radius 1 is 1.29 bits per heavy atom. The molecular formula is C13H17N3O. The van der Waals surface area contributed by atoms with Gasteiger partial charge in [0, 0.05) is 37.3 Å². The van der Waals surface area contributed by atoms with E-state index >= 15 is 0 Å². The number of hydrogen-bond acceptors (Lipinski definition) is 3. The molecular weight excluding hydrogens is 214 g/mol. The summed E-state index contributed by atoms with van der Waals surface area (Å²) in [7, 11) is 1.71. The van der Waals surface area contributed by atoms with Gasteiger partial charge in [-0.1, -0.05) is 18.2 Å². The summed E-state index contributed by atoms with van der Waals surface area (Å²) >= 11 is 0. The van der Waals surface area contributed by atoms with Crippen molar-refractivity contribution in [3.8, 4) is 0 Å². The summed E-state index contributed by atoms with van der Waals surface area (Å²) in [6.07, 6.45) is 3.75. The van der Waals surface area contributed by atoms with Crippen LogP contribution in [-0.2, 0) is 17.9 Å². The SMILES string of the molecule is COCc1ccccc1NCCn1cccn1. The van der Waals surface area contributed by atoms with E-state index in [2.05, 4.69) is 22.5 Å². The Morgan fingerprint density at radius 2 is 2.18 bits per heavy atom. The van der Waals surface area contributed by atoms with E-state index in [9.17, 15) is 0 Å². The highest BCUT2D eigenvalue weighted by Gasteiger charge is 2.00. The Hall–Kier alpha value is -1.81. The van der Waals surface area contributed by atoms with Crippen molar-refractivity contribution in [2.75, 3.05) is 19.0 Å². The first-order valence-electron chi connectivity index (χ1n) is 5.68. The standard InChI is InChI=1S/C13H17N3O/c1-17-11-12-5-2-3-6-13(12)14-8-10-16-9-4-7-15-16/h2-7,9,14H,8,10-11H2,1H3. The van der Waals surface area contributed by atoms with Gasteiger partial charge in [0.15, 0.2) is 0 Å². The van der Waals surface area contributed by atoms with E-state index in [4.69, 9.17) is 4.74 Å². The fraction of sp³-hybridized carbons (Fsp3) is 0.308. The molecule has 0 amide bonds. The molecule has 4 nitrogen and oxygen atoms in total.